The Morgan fingerprint density at radius 3 is 2.87 bits per heavy atom. The number of nitrogens with one attached hydrogen (secondary N) is 1. The number of aromatic amines is 1. The molecule has 8 nitrogen and oxygen atoms in total. The van der Waals surface area contributed by atoms with Crippen LogP contribution in [0.5, 0.6) is 5.75 Å². The van der Waals surface area contributed by atoms with E-state index in [4.69, 9.17) is 16.3 Å². The highest BCUT2D eigenvalue weighted by molar-refractivity contribution is 7.22. The molecular weight excluding hydrogens is 433 g/mol. The number of hydrogen-bond acceptors (Lipinski definition) is 6. The van der Waals surface area contributed by atoms with Crippen molar-refractivity contribution in [3.63, 3.8) is 0 Å². The van der Waals surface area contributed by atoms with Gasteiger partial charge in [-0.25, -0.2) is 18.7 Å². The van der Waals surface area contributed by atoms with Crippen LogP contribution in [0.3, 0.4) is 0 Å². The van der Waals surface area contributed by atoms with E-state index >= 15 is 0 Å². The van der Waals surface area contributed by atoms with Crippen LogP contribution in [-0.4, -0.2) is 31.0 Å². The Hall–Kier alpha value is -3.50. The molecule has 1 aromatic carbocycles. The highest BCUT2D eigenvalue weighted by Gasteiger charge is 2.18. The Kier molecular flexibility index (Phi) is 4.19. The van der Waals surface area contributed by atoms with Crippen molar-refractivity contribution < 1.29 is 9.13 Å². The van der Waals surface area contributed by atoms with E-state index in [2.05, 4.69) is 15.0 Å². The summed E-state index contributed by atoms with van der Waals surface area (Å²) >= 11 is 7.34. The average Bonchev–Trinajstić information content (AvgIpc) is 3.35. The third-order valence-electron chi connectivity index (χ3n) is 4.61. The van der Waals surface area contributed by atoms with Crippen LogP contribution in [0.25, 0.3) is 32.1 Å². The first-order chi connectivity index (χ1) is 14.5. The first-order valence-electron chi connectivity index (χ1n) is 8.57. The minimum Gasteiger partial charge on any atom is -0.494 e. The molecule has 0 aliphatic carbocycles. The van der Waals surface area contributed by atoms with E-state index in [0.29, 0.717) is 26.3 Å². The fourth-order valence-corrected chi connectivity index (χ4v) is 4.61. The SMILES string of the molecule is COc1cc(-c2cc3[nH]c(=O)n(-c4cncc5nccn45)c(=O)c3s2)c(Cl)cc1F. The number of fused-ring (bicyclic) bond motifs is 2. The molecule has 1 N–H and O–H groups in total. The van der Waals surface area contributed by atoms with Gasteiger partial charge in [-0.1, -0.05) is 11.6 Å². The molecule has 5 aromatic rings. The van der Waals surface area contributed by atoms with Crippen molar-refractivity contribution >= 4 is 38.8 Å². The van der Waals surface area contributed by atoms with Crippen LogP contribution in [0.4, 0.5) is 4.39 Å². The van der Waals surface area contributed by atoms with Gasteiger partial charge in [-0.2, -0.15) is 0 Å². The molecule has 0 saturated heterocycles. The van der Waals surface area contributed by atoms with Crippen molar-refractivity contribution in [2.45, 2.75) is 0 Å². The van der Waals surface area contributed by atoms with Gasteiger partial charge < -0.3 is 9.72 Å². The fourth-order valence-electron chi connectivity index (χ4n) is 3.23. The van der Waals surface area contributed by atoms with E-state index in [1.165, 1.54) is 25.6 Å². The van der Waals surface area contributed by atoms with Crippen LogP contribution < -0.4 is 16.0 Å². The van der Waals surface area contributed by atoms with E-state index in [1.54, 1.807) is 22.9 Å². The number of imidazole rings is 1. The minimum absolute atomic E-state index is 0.0237. The van der Waals surface area contributed by atoms with Gasteiger partial charge in [0.25, 0.3) is 5.56 Å². The van der Waals surface area contributed by atoms with Crippen molar-refractivity contribution in [3.05, 3.63) is 74.7 Å². The second-order valence-electron chi connectivity index (χ2n) is 6.31. The third-order valence-corrected chi connectivity index (χ3v) is 6.08. The molecule has 4 aromatic heterocycles. The van der Waals surface area contributed by atoms with Crippen molar-refractivity contribution in [3.8, 4) is 22.0 Å². The number of thiophene rings is 1. The standard InChI is InChI=1S/C19H11ClFN5O3S/c1-29-13-4-9(10(20)5-11(13)21)14-6-12-17(30-14)18(27)26(19(28)24-12)16-8-22-7-15-23-2-3-25(15)16/h2-8H,1H3,(H,24,28). The van der Waals surface area contributed by atoms with Crippen molar-refractivity contribution in [2.24, 2.45) is 0 Å². The van der Waals surface area contributed by atoms with Gasteiger partial charge in [0.2, 0.25) is 0 Å². The van der Waals surface area contributed by atoms with Crippen LogP contribution >= 0.6 is 22.9 Å². The number of hydrogen-bond donors (Lipinski definition) is 1. The Labute approximate surface area is 175 Å². The Morgan fingerprint density at radius 2 is 2.07 bits per heavy atom. The second-order valence-corrected chi connectivity index (χ2v) is 7.77. The van der Waals surface area contributed by atoms with Gasteiger partial charge in [-0.15, -0.1) is 11.3 Å². The molecule has 0 bridgehead atoms. The van der Waals surface area contributed by atoms with Crippen LogP contribution in [0.15, 0.2) is 52.6 Å². The summed E-state index contributed by atoms with van der Waals surface area (Å²) in [5, 5.41) is 0.162. The highest BCUT2D eigenvalue weighted by atomic mass is 35.5. The number of rotatable bonds is 3. The maximum absolute atomic E-state index is 13.9. The molecule has 4 heterocycles. The highest BCUT2D eigenvalue weighted by Crippen LogP contribution is 2.38. The summed E-state index contributed by atoms with van der Waals surface area (Å²) in [4.78, 5) is 37.4. The quantitative estimate of drug-likeness (QED) is 0.462. The molecule has 0 amide bonds. The van der Waals surface area contributed by atoms with Gasteiger partial charge in [-0.05, 0) is 18.2 Å². The minimum atomic E-state index is -0.623. The van der Waals surface area contributed by atoms with Gasteiger partial charge in [0, 0.05) is 22.8 Å². The van der Waals surface area contributed by atoms with E-state index in [1.807, 2.05) is 0 Å². The predicted octanol–water partition coefficient (Wildman–Crippen LogP) is 3.25. The summed E-state index contributed by atoms with van der Waals surface area (Å²) in [5.74, 6) is -0.311. The lowest BCUT2D eigenvalue weighted by atomic mass is 10.1. The van der Waals surface area contributed by atoms with Crippen LogP contribution in [0, 0.1) is 5.82 Å². The van der Waals surface area contributed by atoms with Gasteiger partial charge in [0.15, 0.2) is 17.2 Å². The van der Waals surface area contributed by atoms with Crippen LogP contribution in [0.2, 0.25) is 5.02 Å². The summed E-state index contributed by atoms with van der Waals surface area (Å²) in [6.07, 6.45) is 6.11. The summed E-state index contributed by atoms with van der Waals surface area (Å²) in [6, 6.07) is 4.23. The molecule has 0 radical (unpaired) electrons. The summed E-state index contributed by atoms with van der Waals surface area (Å²) < 4.78 is 21.8. The largest absolute Gasteiger partial charge is 0.494 e. The first-order valence-corrected chi connectivity index (χ1v) is 9.77. The molecule has 30 heavy (non-hydrogen) atoms. The topological polar surface area (TPSA) is 94.3 Å². The van der Waals surface area contributed by atoms with Gasteiger partial charge >= 0.3 is 5.69 Å². The Balaban J connectivity index is 1.77. The lowest BCUT2D eigenvalue weighted by molar-refractivity contribution is 0.387. The average molecular weight is 444 g/mol. The lowest BCUT2D eigenvalue weighted by Gasteiger charge is -2.06. The van der Waals surface area contributed by atoms with Gasteiger partial charge in [-0.3, -0.25) is 14.2 Å². The third kappa shape index (κ3) is 2.72. The normalized spacial score (nSPS) is 11.4. The van der Waals surface area contributed by atoms with E-state index < -0.39 is 17.1 Å². The summed E-state index contributed by atoms with van der Waals surface area (Å²) in [7, 11) is 1.35. The zero-order valence-electron chi connectivity index (χ0n) is 15.2. The van der Waals surface area contributed by atoms with Gasteiger partial charge in [0.05, 0.1) is 30.0 Å². The molecule has 0 aliphatic heterocycles. The van der Waals surface area contributed by atoms with E-state index in [9.17, 15) is 14.0 Å². The molecule has 11 heteroatoms. The van der Waals surface area contributed by atoms with Gasteiger partial charge in [0.1, 0.15) is 10.5 Å². The van der Waals surface area contributed by atoms with Crippen molar-refractivity contribution in [1.29, 1.82) is 0 Å². The number of benzene rings is 1. The molecule has 5 rings (SSSR count). The summed E-state index contributed by atoms with van der Waals surface area (Å²) in [5.41, 5.74) is 0.199. The molecule has 0 unspecified atom stereocenters. The zero-order valence-corrected chi connectivity index (χ0v) is 16.8. The first kappa shape index (κ1) is 18.5. The molecule has 0 atom stereocenters. The molecule has 0 saturated carbocycles. The van der Waals surface area contributed by atoms with Crippen molar-refractivity contribution in [2.75, 3.05) is 7.11 Å². The summed E-state index contributed by atoms with van der Waals surface area (Å²) in [6.45, 7) is 0. The monoisotopic (exact) mass is 443 g/mol. The number of halogens is 2. The van der Waals surface area contributed by atoms with Crippen LogP contribution in [-0.2, 0) is 0 Å². The second kappa shape index (κ2) is 6.78. The smallest absolute Gasteiger partial charge is 0.334 e. The van der Waals surface area contributed by atoms with E-state index in [0.717, 1.165) is 22.0 Å². The number of nitrogens with zero attached hydrogens (tertiary/aromatic N) is 4. The van der Waals surface area contributed by atoms with Crippen LogP contribution in [0.1, 0.15) is 0 Å². The van der Waals surface area contributed by atoms with E-state index in [-0.39, 0.29) is 16.6 Å². The number of methoxy groups -OCH3 is 1. The molecule has 0 spiro atoms. The predicted molar refractivity (Wildman–Crippen MR) is 112 cm³/mol. The Morgan fingerprint density at radius 1 is 1.23 bits per heavy atom. The molecule has 0 aliphatic rings. The molecule has 150 valence electrons. The maximum Gasteiger partial charge on any atom is 0.334 e. The number of H-pyrrole nitrogens is 1. The molecular formula is C19H11ClFN5O3S. The van der Waals surface area contributed by atoms with Crippen molar-refractivity contribution in [1.82, 2.24) is 23.9 Å². The fraction of sp³-hybridized carbons (Fsp3) is 0.0526. The number of aromatic nitrogens is 5. The number of ether oxygens (including phenoxy) is 1. The zero-order chi connectivity index (χ0) is 21.0. The lowest BCUT2D eigenvalue weighted by Crippen LogP contribution is -2.34. The molecule has 0 fully saturated rings. The maximum atomic E-state index is 13.9. The Bertz CT molecular complexity index is 1570.